The van der Waals surface area contributed by atoms with Crippen LogP contribution >= 0.6 is 27.3 Å². The van der Waals surface area contributed by atoms with Crippen LogP contribution in [-0.2, 0) is 0 Å². The van der Waals surface area contributed by atoms with E-state index >= 15 is 0 Å². The molecule has 0 saturated heterocycles. The first kappa shape index (κ1) is 16.5. The number of hydrogen-bond donors (Lipinski definition) is 1. The Kier molecular flexibility index (Phi) is 4.86. The van der Waals surface area contributed by atoms with Crippen molar-refractivity contribution >= 4 is 44.1 Å². The van der Waals surface area contributed by atoms with E-state index in [9.17, 15) is 4.79 Å². The number of carbonyl (C=O) groups excluding carboxylic acids is 1. The molecule has 8 heteroatoms. The van der Waals surface area contributed by atoms with Gasteiger partial charge in [0.2, 0.25) is 0 Å². The Labute approximate surface area is 151 Å². The Morgan fingerprint density at radius 3 is 2.67 bits per heavy atom. The molecule has 0 fully saturated rings. The Balaban J connectivity index is 1.84. The first-order valence-electron chi connectivity index (χ1n) is 7.08. The van der Waals surface area contributed by atoms with Crippen molar-refractivity contribution in [1.82, 2.24) is 15.0 Å². The summed E-state index contributed by atoms with van der Waals surface area (Å²) in [5.74, 6) is 0.607. The molecule has 0 aliphatic rings. The molecule has 1 N–H and O–H groups in total. The monoisotopic (exact) mass is 403 g/mol. The summed E-state index contributed by atoms with van der Waals surface area (Å²) in [5, 5.41) is 5.46. The summed E-state index contributed by atoms with van der Waals surface area (Å²) >= 11 is 4.76. The predicted molar refractivity (Wildman–Crippen MR) is 99.6 cm³/mol. The van der Waals surface area contributed by atoms with Gasteiger partial charge in [-0.15, -0.1) is 11.3 Å². The molecule has 0 saturated carbocycles. The Morgan fingerprint density at radius 1 is 1.21 bits per heavy atom. The van der Waals surface area contributed by atoms with Gasteiger partial charge in [-0.25, -0.2) is 15.0 Å². The van der Waals surface area contributed by atoms with Gasteiger partial charge in [0, 0.05) is 35.6 Å². The number of halogens is 1. The highest BCUT2D eigenvalue weighted by molar-refractivity contribution is 9.10. The summed E-state index contributed by atoms with van der Waals surface area (Å²) in [6, 6.07) is 9.06. The molecule has 3 aromatic rings. The van der Waals surface area contributed by atoms with Crippen LogP contribution in [0.25, 0.3) is 11.4 Å². The summed E-state index contributed by atoms with van der Waals surface area (Å²) in [5.41, 5.74) is 2.03. The number of nitrogens with one attached hydrogen (secondary N) is 1. The highest BCUT2D eigenvalue weighted by Gasteiger charge is 2.17. The van der Waals surface area contributed by atoms with Crippen molar-refractivity contribution in [2.45, 2.75) is 0 Å². The fourth-order valence-electron chi connectivity index (χ4n) is 2.04. The van der Waals surface area contributed by atoms with E-state index in [0.717, 1.165) is 4.47 Å². The van der Waals surface area contributed by atoms with Gasteiger partial charge in [0.1, 0.15) is 17.8 Å². The molecule has 1 aromatic carbocycles. The average molecular weight is 404 g/mol. The SMILES string of the molecule is CNc1cc(-c2csc(N(C)C(=O)c3ccc(Br)cc3)n2)ncn1. The lowest BCUT2D eigenvalue weighted by molar-refractivity contribution is 0.0993. The van der Waals surface area contributed by atoms with Crippen molar-refractivity contribution in [2.75, 3.05) is 24.3 Å². The van der Waals surface area contributed by atoms with Gasteiger partial charge in [0.25, 0.3) is 5.91 Å². The topological polar surface area (TPSA) is 71.0 Å². The molecule has 24 heavy (non-hydrogen) atoms. The zero-order valence-electron chi connectivity index (χ0n) is 13.0. The highest BCUT2D eigenvalue weighted by Crippen LogP contribution is 2.27. The van der Waals surface area contributed by atoms with Crippen LogP contribution < -0.4 is 10.2 Å². The van der Waals surface area contributed by atoms with Gasteiger partial charge in [-0.2, -0.15) is 0 Å². The number of aromatic nitrogens is 3. The van der Waals surface area contributed by atoms with Crippen LogP contribution in [0.15, 0.2) is 46.5 Å². The minimum Gasteiger partial charge on any atom is -0.373 e. The molecule has 0 aliphatic heterocycles. The van der Waals surface area contributed by atoms with Gasteiger partial charge >= 0.3 is 0 Å². The fraction of sp³-hybridized carbons (Fsp3) is 0.125. The van der Waals surface area contributed by atoms with Crippen molar-refractivity contribution in [1.29, 1.82) is 0 Å². The zero-order valence-corrected chi connectivity index (χ0v) is 15.4. The second-order valence-electron chi connectivity index (χ2n) is 4.92. The maximum Gasteiger partial charge on any atom is 0.259 e. The number of benzene rings is 1. The second-order valence-corrected chi connectivity index (χ2v) is 6.68. The highest BCUT2D eigenvalue weighted by atomic mass is 79.9. The summed E-state index contributed by atoms with van der Waals surface area (Å²) in [6.45, 7) is 0. The number of nitrogens with zero attached hydrogens (tertiary/aromatic N) is 4. The van der Waals surface area contributed by atoms with E-state index < -0.39 is 0 Å². The van der Waals surface area contributed by atoms with Crippen LogP contribution in [0.4, 0.5) is 10.9 Å². The molecule has 6 nitrogen and oxygen atoms in total. The number of rotatable bonds is 4. The van der Waals surface area contributed by atoms with E-state index in [1.165, 1.54) is 22.6 Å². The van der Waals surface area contributed by atoms with Crippen molar-refractivity contribution < 1.29 is 4.79 Å². The third-order valence-electron chi connectivity index (χ3n) is 3.36. The third kappa shape index (κ3) is 3.44. The molecule has 2 heterocycles. The van der Waals surface area contributed by atoms with E-state index in [-0.39, 0.29) is 5.91 Å². The van der Waals surface area contributed by atoms with Gasteiger partial charge in [0.05, 0.1) is 5.69 Å². The van der Waals surface area contributed by atoms with E-state index in [1.807, 2.05) is 23.6 Å². The lowest BCUT2D eigenvalue weighted by Gasteiger charge is -2.13. The van der Waals surface area contributed by atoms with Crippen LogP contribution in [0.1, 0.15) is 10.4 Å². The van der Waals surface area contributed by atoms with Crippen molar-refractivity contribution in [3.63, 3.8) is 0 Å². The average Bonchev–Trinajstić information content (AvgIpc) is 3.11. The summed E-state index contributed by atoms with van der Waals surface area (Å²) in [7, 11) is 3.51. The number of anilines is 2. The van der Waals surface area contributed by atoms with E-state index in [0.29, 0.717) is 27.9 Å². The first-order valence-corrected chi connectivity index (χ1v) is 8.75. The Morgan fingerprint density at radius 2 is 1.96 bits per heavy atom. The molecular weight excluding hydrogens is 390 g/mol. The fourth-order valence-corrected chi connectivity index (χ4v) is 3.09. The molecule has 0 spiro atoms. The molecule has 0 atom stereocenters. The molecule has 0 unspecified atom stereocenters. The predicted octanol–water partition coefficient (Wildman–Crippen LogP) is 3.68. The Bertz CT molecular complexity index is 865. The van der Waals surface area contributed by atoms with Crippen LogP contribution in [0.2, 0.25) is 0 Å². The van der Waals surface area contributed by atoms with E-state index in [2.05, 4.69) is 36.2 Å². The standard InChI is InChI=1S/C16H14BrN5OS/c1-18-14-7-12(19-9-20-14)13-8-24-16(21-13)22(2)15(23)10-3-5-11(17)6-4-10/h3-9H,1-2H3,(H,18,19,20). The van der Waals surface area contributed by atoms with Crippen LogP contribution in [0.5, 0.6) is 0 Å². The largest absolute Gasteiger partial charge is 0.373 e. The quantitative estimate of drug-likeness (QED) is 0.719. The number of hydrogen-bond acceptors (Lipinski definition) is 6. The van der Waals surface area contributed by atoms with Crippen LogP contribution in [0.3, 0.4) is 0 Å². The second kappa shape index (κ2) is 7.06. The maximum atomic E-state index is 12.5. The molecule has 0 radical (unpaired) electrons. The molecular formula is C16H14BrN5OS. The minimum atomic E-state index is -0.109. The van der Waals surface area contributed by atoms with Gasteiger partial charge in [-0.1, -0.05) is 15.9 Å². The normalized spacial score (nSPS) is 10.5. The molecule has 0 bridgehead atoms. The van der Waals surface area contributed by atoms with E-state index in [1.54, 1.807) is 26.2 Å². The molecule has 0 aliphatic carbocycles. The minimum absolute atomic E-state index is 0.109. The van der Waals surface area contributed by atoms with Crippen molar-refractivity contribution in [3.8, 4) is 11.4 Å². The van der Waals surface area contributed by atoms with E-state index in [4.69, 9.17) is 0 Å². The number of thiazole rings is 1. The van der Waals surface area contributed by atoms with Crippen molar-refractivity contribution in [2.24, 2.45) is 0 Å². The lowest BCUT2D eigenvalue weighted by atomic mass is 10.2. The molecule has 3 rings (SSSR count). The van der Waals surface area contributed by atoms with Crippen LogP contribution in [-0.4, -0.2) is 35.0 Å². The van der Waals surface area contributed by atoms with Crippen LogP contribution in [0, 0.1) is 0 Å². The smallest absolute Gasteiger partial charge is 0.259 e. The maximum absolute atomic E-state index is 12.5. The van der Waals surface area contributed by atoms with Crippen molar-refractivity contribution in [3.05, 3.63) is 52.1 Å². The third-order valence-corrected chi connectivity index (χ3v) is 4.81. The summed E-state index contributed by atoms with van der Waals surface area (Å²) in [4.78, 5) is 26.9. The summed E-state index contributed by atoms with van der Waals surface area (Å²) < 4.78 is 0.933. The molecule has 1 amide bonds. The zero-order chi connectivity index (χ0) is 17.1. The van der Waals surface area contributed by atoms with Gasteiger partial charge in [-0.3, -0.25) is 9.69 Å². The van der Waals surface area contributed by atoms with Gasteiger partial charge < -0.3 is 5.32 Å². The molecule has 2 aromatic heterocycles. The van der Waals surface area contributed by atoms with Gasteiger partial charge in [-0.05, 0) is 24.3 Å². The lowest BCUT2D eigenvalue weighted by Crippen LogP contribution is -2.25. The number of amides is 1. The Hall–Kier alpha value is -2.32. The molecule has 122 valence electrons. The van der Waals surface area contributed by atoms with Gasteiger partial charge in [0.15, 0.2) is 5.13 Å². The number of carbonyl (C=O) groups is 1. The first-order chi connectivity index (χ1) is 11.6. The summed E-state index contributed by atoms with van der Waals surface area (Å²) in [6.07, 6.45) is 1.48.